The Kier molecular flexibility index (Phi) is 5.80. The Morgan fingerprint density at radius 1 is 1.00 bits per heavy atom. The molecule has 4 rings (SSSR count). The van der Waals surface area contributed by atoms with E-state index in [-0.39, 0.29) is 38.6 Å². The van der Waals surface area contributed by atoms with E-state index >= 15 is 0 Å². The first kappa shape index (κ1) is 18.4. The van der Waals surface area contributed by atoms with Crippen molar-refractivity contribution >= 4 is 55.4 Å². The number of fused-ring (bicyclic) bond motifs is 2. The summed E-state index contributed by atoms with van der Waals surface area (Å²) in [7, 11) is 0. The standard InChI is InChI=1S/C20H13ClNOS.Y/c21-16-6-8-19-18(11-16)15(12-24-19)10-20(23)22-17-7-5-13-3-1-2-4-14(13)9-17;/h1-12H,(H,22,23);/q-1;. The van der Waals surface area contributed by atoms with E-state index in [4.69, 9.17) is 11.6 Å². The molecule has 0 saturated heterocycles. The maximum absolute atomic E-state index is 12.3. The minimum Gasteiger partial charge on any atom is -0.333 e. The maximum atomic E-state index is 12.3. The molecule has 0 atom stereocenters. The number of hydrogen-bond donors (Lipinski definition) is 1. The third-order valence-electron chi connectivity index (χ3n) is 3.87. The molecule has 1 aromatic heterocycles. The number of rotatable bonds is 3. The summed E-state index contributed by atoms with van der Waals surface area (Å²) in [5, 5.41) is 8.83. The average Bonchev–Trinajstić information content (AvgIpc) is 2.97. The zero-order chi connectivity index (χ0) is 16.5. The van der Waals surface area contributed by atoms with E-state index in [1.54, 1.807) is 17.8 Å². The van der Waals surface area contributed by atoms with Gasteiger partial charge in [0, 0.05) is 43.4 Å². The van der Waals surface area contributed by atoms with E-state index < -0.39 is 0 Å². The summed E-state index contributed by atoms with van der Waals surface area (Å²) in [6.07, 6.45) is 1.62. The first-order chi connectivity index (χ1) is 11.7. The van der Waals surface area contributed by atoms with Crippen LogP contribution in [0.4, 0.5) is 5.69 Å². The van der Waals surface area contributed by atoms with Gasteiger partial charge in [-0.2, -0.15) is 5.56 Å². The Morgan fingerprint density at radius 3 is 2.64 bits per heavy atom. The minimum atomic E-state index is -0.148. The number of amides is 1. The maximum Gasteiger partial charge on any atom is 0.193 e. The Bertz CT molecular complexity index is 1060. The molecule has 0 unspecified atom stereocenters. The van der Waals surface area contributed by atoms with Crippen LogP contribution in [0.25, 0.3) is 20.9 Å². The molecule has 0 aliphatic carbocycles. The van der Waals surface area contributed by atoms with Gasteiger partial charge in [0.1, 0.15) is 0 Å². The van der Waals surface area contributed by atoms with E-state index in [1.165, 1.54) is 0 Å². The monoisotopic (exact) mass is 439 g/mol. The van der Waals surface area contributed by atoms with Crippen molar-refractivity contribution in [2.24, 2.45) is 0 Å². The van der Waals surface area contributed by atoms with Gasteiger partial charge in [-0.1, -0.05) is 60.5 Å². The molecular formula is C20H13ClNOSY-. The van der Waals surface area contributed by atoms with Gasteiger partial charge in [-0.25, -0.2) is 11.3 Å². The third kappa shape index (κ3) is 4.07. The third-order valence-corrected chi connectivity index (χ3v) is 5.09. The predicted molar refractivity (Wildman–Crippen MR) is 103 cm³/mol. The second-order valence-corrected chi connectivity index (χ2v) is 6.87. The second-order valence-electron chi connectivity index (χ2n) is 5.53. The molecule has 2 nitrogen and oxygen atoms in total. The van der Waals surface area contributed by atoms with Crippen molar-refractivity contribution in [3.63, 3.8) is 0 Å². The molecular weight excluding hydrogens is 427 g/mol. The van der Waals surface area contributed by atoms with Gasteiger partial charge in [0.15, 0.2) is 5.91 Å². The summed E-state index contributed by atoms with van der Waals surface area (Å²) in [4.78, 5) is 12.3. The first-order valence-electron chi connectivity index (χ1n) is 7.50. The zero-order valence-corrected chi connectivity index (χ0v) is 17.6. The smallest absolute Gasteiger partial charge is 0.193 e. The fourth-order valence-corrected chi connectivity index (χ4v) is 3.79. The van der Waals surface area contributed by atoms with Gasteiger partial charge in [-0.3, -0.25) is 4.79 Å². The van der Waals surface area contributed by atoms with Gasteiger partial charge >= 0.3 is 0 Å². The van der Waals surface area contributed by atoms with Gasteiger partial charge in [-0.05, 0) is 33.7 Å². The Morgan fingerprint density at radius 2 is 1.80 bits per heavy atom. The molecule has 0 fully saturated rings. The largest absolute Gasteiger partial charge is 0.333 e. The normalized spacial score (nSPS) is 10.4. The molecule has 0 bridgehead atoms. The van der Waals surface area contributed by atoms with Crippen LogP contribution in [-0.2, 0) is 37.5 Å². The number of thiophene rings is 1. The van der Waals surface area contributed by atoms with E-state index in [0.717, 1.165) is 32.1 Å². The Labute approximate surface area is 180 Å². The Balaban J connectivity index is 0.00000182. The van der Waals surface area contributed by atoms with E-state index in [2.05, 4.69) is 5.32 Å². The van der Waals surface area contributed by atoms with Crippen LogP contribution in [0.1, 0.15) is 5.56 Å². The van der Waals surface area contributed by atoms with Crippen molar-refractivity contribution in [3.05, 3.63) is 83.1 Å². The number of hydrogen-bond acceptors (Lipinski definition) is 2. The minimum absolute atomic E-state index is 0. The molecule has 0 saturated carbocycles. The number of halogens is 1. The first-order valence-corrected chi connectivity index (χ1v) is 8.76. The fraction of sp³-hybridized carbons (Fsp3) is 0. The average molecular weight is 440 g/mol. The van der Waals surface area contributed by atoms with Crippen molar-refractivity contribution in [1.82, 2.24) is 0 Å². The van der Waals surface area contributed by atoms with Crippen LogP contribution >= 0.6 is 22.9 Å². The molecule has 4 aromatic rings. The molecule has 1 amide bonds. The van der Waals surface area contributed by atoms with Crippen LogP contribution < -0.4 is 5.32 Å². The fourth-order valence-electron chi connectivity index (χ4n) is 2.72. The van der Waals surface area contributed by atoms with Crippen molar-refractivity contribution in [1.29, 1.82) is 0 Å². The van der Waals surface area contributed by atoms with Crippen LogP contribution in [0, 0.1) is 6.42 Å². The van der Waals surface area contributed by atoms with Crippen molar-refractivity contribution in [3.8, 4) is 0 Å². The summed E-state index contributed by atoms with van der Waals surface area (Å²) in [5.74, 6) is -0.148. The molecule has 121 valence electrons. The molecule has 0 aliphatic heterocycles. The van der Waals surface area contributed by atoms with E-state index in [9.17, 15) is 4.79 Å². The summed E-state index contributed by atoms with van der Waals surface area (Å²) in [6, 6.07) is 19.7. The summed E-state index contributed by atoms with van der Waals surface area (Å²) < 4.78 is 1.11. The van der Waals surface area contributed by atoms with Gasteiger partial charge in [-0.15, -0.1) is 10.8 Å². The summed E-state index contributed by atoms with van der Waals surface area (Å²) >= 11 is 7.66. The number of carbonyl (C=O) groups is 1. The molecule has 0 spiro atoms. The van der Waals surface area contributed by atoms with Crippen LogP contribution in [0.2, 0.25) is 5.02 Å². The molecule has 1 N–H and O–H groups in total. The van der Waals surface area contributed by atoms with Crippen molar-refractivity contribution < 1.29 is 37.5 Å². The molecule has 0 aliphatic rings. The van der Waals surface area contributed by atoms with Crippen molar-refractivity contribution in [2.75, 3.05) is 5.32 Å². The molecule has 1 heterocycles. The van der Waals surface area contributed by atoms with Crippen LogP contribution in [0.15, 0.2) is 66.0 Å². The van der Waals surface area contributed by atoms with Gasteiger partial charge < -0.3 is 5.32 Å². The van der Waals surface area contributed by atoms with Crippen LogP contribution in [-0.4, -0.2) is 5.91 Å². The molecule has 3 aromatic carbocycles. The van der Waals surface area contributed by atoms with Crippen LogP contribution in [0.3, 0.4) is 0 Å². The Hall–Kier alpha value is -1.39. The van der Waals surface area contributed by atoms with E-state index in [1.807, 2.05) is 66.0 Å². The predicted octanol–water partition coefficient (Wildman–Crippen LogP) is 5.90. The van der Waals surface area contributed by atoms with Crippen LogP contribution in [0.5, 0.6) is 0 Å². The molecule has 25 heavy (non-hydrogen) atoms. The second kappa shape index (κ2) is 7.88. The van der Waals surface area contributed by atoms with Gasteiger partial charge in [0.2, 0.25) is 0 Å². The summed E-state index contributed by atoms with van der Waals surface area (Å²) in [5.41, 5.74) is 1.67. The van der Waals surface area contributed by atoms with E-state index in [0.29, 0.717) is 5.02 Å². The summed E-state index contributed by atoms with van der Waals surface area (Å²) in [6.45, 7) is 0. The molecule has 5 heteroatoms. The number of carbonyl (C=O) groups excluding carboxylic acids is 1. The van der Waals surface area contributed by atoms with Crippen molar-refractivity contribution in [2.45, 2.75) is 0 Å². The zero-order valence-electron chi connectivity index (χ0n) is 13.2. The number of benzene rings is 3. The molecule has 1 radical (unpaired) electrons. The number of nitrogens with one attached hydrogen (secondary N) is 1. The topological polar surface area (TPSA) is 29.1 Å². The van der Waals surface area contributed by atoms with Gasteiger partial charge in [0.25, 0.3) is 0 Å². The van der Waals surface area contributed by atoms with Gasteiger partial charge in [0.05, 0.1) is 0 Å². The SMILES string of the molecule is O=C([CH-]c1csc2ccc(Cl)cc12)Nc1ccc2ccccc2c1.[Y]. The number of anilines is 1. The quantitative estimate of drug-likeness (QED) is 0.396.